The lowest BCUT2D eigenvalue weighted by Crippen LogP contribution is -2.10. The highest BCUT2D eigenvalue weighted by atomic mass is 35.5. The summed E-state index contributed by atoms with van der Waals surface area (Å²) in [7, 11) is 0. The van der Waals surface area contributed by atoms with E-state index in [0.717, 1.165) is 22.1 Å². The van der Waals surface area contributed by atoms with Crippen LogP contribution in [0.2, 0.25) is 5.02 Å². The first kappa shape index (κ1) is 13.7. The molecular weight excluding hydrogens is 260 g/mol. The number of hydrogen-bond donors (Lipinski definition) is 2. The van der Waals surface area contributed by atoms with Gasteiger partial charge in [0.05, 0.1) is 11.4 Å². The molecule has 0 aliphatic rings. The Balaban J connectivity index is 2.17. The molecule has 0 amide bonds. The third-order valence-corrected chi connectivity index (χ3v) is 3.25. The van der Waals surface area contributed by atoms with E-state index in [1.54, 1.807) is 0 Å². The molecule has 0 atom stereocenters. The predicted octanol–water partition coefficient (Wildman–Crippen LogP) is 3.62. The summed E-state index contributed by atoms with van der Waals surface area (Å²) < 4.78 is 1.92. The van der Waals surface area contributed by atoms with Gasteiger partial charge in [0.2, 0.25) is 0 Å². The van der Waals surface area contributed by atoms with Crippen molar-refractivity contribution in [2.75, 3.05) is 11.1 Å². The van der Waals surface area contributed by atoms with Crippen LogP contribution < -0.4 is 11.1 Å². The van der Waals surface area contributed by atoms with Gasteiger partial charge in [-0.25, -0.2) is 4.68 Å². The summed E-state index contributed by atoms with van der Waals surface area (Å²) in [5.74, 6) is 0.877. The zero-order valence-corrected chi connectivity index (χ0v) is 12.2. The molecule has 0 fully saturated rings. The smallest absolute Gasteiger partial charge is 0.148 e. The highest BCUT2D eigenvalue weighted by molar-refractivity contribution is 6.30. The van der Waals surface area contributed by atoms with Gasteiger partial charge in [-0.05, 0) is 38.5 Å². The van der Waals surface area contributed by atoms with Crippen LogP contribution in [0, 0.1) is 6.92 Å². The summed E-state index contributed by atoms with van der Waals surface area (Å²) in [6.45, 7) is 6.78. The first-order valence-corrected chi connectivity index (χ1v) is 6.69. The number of aromatic nitrogens is 2. The third kappa shape index (κ3) is 3.01. The van der Waals surface area contributed by atoms with Crippen molar-refractivity contribution in [1.29, 1.82) is 0 Å². The molecule has 0 aliphatic carbocycles. The minimum absolute atomic E-state index is 0.267. The Morgan fingerprint density at radius 3 is 2.53 bits per heavy atom. The molecule has 1 heterocycles. The molecule has 2 rings (SSSR count). The number of nitrogen functional groups attached to an aromatic ring is 1. The highest BCUT2D eigenvalue weighted by Gasteiger charge is 2.14. The van der Waals surface area contributed by atoms with Crippen LogP contribution in [0.4, 0.5) is 11.5 Å². The summed E-state index contributed by atoms with van der Waals surface area (Å²) in [4.78, 5) is 0. The normalized spacial score (nSPS) is 11.0. The van der Waals surface area contributed by atoms with Crippen molar-refractivity contribution in [2.45, 2.75) is 33.4 Å². The van der Waals surface area contributed by atoms with Gasteiger partial charge in [0.25, 0.3) is 0 Å². The van der Waals surface area contributed by atoms with Gasteiger partial charge < -0.3 is 11.1 Å². The third-order valence-electron chi connectivity index (χ3n) is 2.99. The minimum Gasteiger partial charge on any atom is -0.394 e. The van der Waals surface area contributed by atoms with Crippen molar-refractivity contribution >= 4 is 23.1 Å². The van der Waals surface area contributed by atoms with Crippen LogP contribution >= 0.6 is 11.6 Å². The molecule has 1 aromatic heterocycles. The molecule has 0 saturated carbocycles. The van der Waals surface area contributed by atoms with E-state index in [0.29, 0.717) is 12.2 Å². The molecule has 5 heteroatoms. The van der Waals surface area contributed by atoms with Gasteiger partial charge in [0.15, 0.2) is 0 Å². The summed E-state index contributed by atoms with van der Waals surface area (Å²) in [5, 5.41) is 8.54. The first-order valence-electron chi connectivity index (χ1n) is 6.32. The van der Waals surface area contributed by atoms with Crippen molar-refractivity contribution in [2.24, 2.45) is 0 Å². The standard InChI is InChI=1S/C14H19ClN4/c1-9(2)19-14(13(16)10(3)18-19)17-8-11-4-6-12(15)7-5-11/h4-7,9,17H,8,16H2,1-3H3. The molecule has 19 heavy (non-hydrogen) atoms. The maximum Gasteiger partial charge on any atom is 0.148 e. The second-order valence-corrected chi connectivity index (χ2v) is 5.30. The number of benzene rings is 1. The van der Waals surface area contributed by atoms with Crippen molar-refractivity contribution < 1.29 is 0 Å². The molecule has 3 N–H and O–H groups in total. The molecule has 2 aromatic rings. The molecule has 0 aliphatic heterocycles. The number of nitrogens with two attached hydrogens (primary N) is 1. The number of halogens is 1. The number of hydrogen-bond acceptors (Lipinski definition) is 3. The first-order chi connectivity index (χ1) is 8.99. The van der Waals surface area contributed by atoms with Crippen LogP contribution in [0.3, 0.4) is 0 Å². The predicted molar refractivity (Wildman–Crippen MR) is 80.5 cm³/mol. The van der Waals surface area contributed by atoms with Crippen LogP contribution in [0.25, 0.3) is 0 Å². The quantitative estimate of drug-likeness (QED) is 0.898. The fourth-order valence-corrected chi connectivity index (χ4v) is 2.02. The van der Waals surface area contributed by atoms with Gasteiger partial charge >= 0.3 is 0 Å². The van der Waals surface area contributed by atoms with Crippen LogP contribution in [-0.2, 0) is 6.54 Å². The molecule has 0 spiro atoms. The van der Waals surface area contributed by atoms with E-state index in [4.69, 9.17) is 17.3 Å². The van der Waals surface area contributed by atoms with Gasteiger partial charge in [-0.3, -0.25) is 0 Å². The van der Waals surface area contributed by atoms with Crippen LogP contribution in [0.1, 0.15) is 31.1 Å². The maximum absolute atomic E-state index is 6.06. The Morgan fingerprint density at radius 2 is 1.95 bits per heavy atom. The van der Waals surface area contributed by atoms with Crippen LogP contribution in [0.15, 0.2) is 24.3 Å². The molecular formula is C14H19ClN4. The Hall–Kier alpha value is -1.68. The highest BCUT2D eigenvalue weighted by Crippen LogP contribution is 2.26. The van der Waals surface area contributed by atoms with E-state index in [1.165, 1.54) is 0 Å². The fourth-order valence-electron chi connectivity index (χ4n) is 1.90. The Kier molecular flexibility index (Phi) is 4.00. The van der Waals surface area contributed by atoms with E-state index in [2.05, 4.69) is 24.3 Å². The van der Waals surface area contributed by atoms with Gasteiger partial charge in [-0.2, -0.15) is 5.10 Å². The van der Waals surface area contributed by atoms with Crippen molar-refractivity contribution in [3.05, 3.63) is 40.5 Å². The average Bonchev–Trinajstić information content (AvgIpc) is 2.66. The summed E-state index contributed by atoms with van der Waals surface area (Å²) in [6.07, 6.45) is 0. The van der Waals surface area contributed by atoms with Gasteiger partial charge in [0, 0.05) is 17.6 Å². The van der Waals surface area contributed by atoms with E-state index in [9.17, 15) is 0 Å². The van der Waals surface area contributed by atoms with E-state index >= 15 is 0 Å². The SMILES string of the molecule is Cc1nn(C(C)C)c(NCc2ccc(Cl)cc2)c1N. The summed E-state index contributed by atoms with van der Waals surface area (Å²) >= 11 is 5.87. The number of anilines is 2. The molecule has 1 aromatic carbocycles. The van der Waals surface area contributed by atoms with E-state index < -0.39 is 0 Å². The Morgan fingerprint density at radius 1 is 1.32 bits per heavy atom. The number of nitrogens with one attached hydrogen (secondary N) is 1. The minimum atomic E-state index is 0.267. The molecule has 0 radical (unpaired) electrons. The van der Waals surface area contributed by atoms with Gasteiger partial charge in [0.1, 0.15) is 5.82 Å². The second kappa shape index (κ2) is 5.53. The molecule has 0 unspecified atom stereocenters. The zero-order chi connectivity index (χ0) is 14.0. The average molecular weight is 279 g/mol. The fraction of sp³-hybridized carbons (Fsp3) is 0.357. The number of aryl methyl sites for hydroxylation is 1. The summed E-state index contributed by atoms with van der Waals surface area (Å²) in [5.41, 5.74) is 8.78. The lowest BCUT2D eigenvalue weighted by molar-refractivity contribution is 0.534. The largest absolute Gasteiger partial charge is 0.394 e. The van der Waals surface area contributed by atoms with Crippen molar-refractivity contribution in [3.8, 4) is 0 Å². The van der Waals surface area contributed by atoms with Gasteiger partial charge in [-0.15, -0.1) is 0 Å². The van der Waals surface area contributed by atoms with Crippen molar-refractivity contribution in [3.63, 3.8) is 0 Å². The molecule has 0 saturated heterocycles. The number of rotatable bonds is 4. The lowest BCUT2D eigenvalue weighted by Gasteiger charge is -2.13. The van der Waals surface area contributed by atoms with Crippen LogP contribution in [0.5, 0.6) is 0 Å². The second-order valence-electron chi connectivity index (χ2n) is 4.87. The monoisotopic (exact) mass is 278 g/mol. The lowest BCUT2D eigenvalue weighted by atomic mass is 10.2. The van der Waals surface area contributed by atoms with E-state index in [1.807, 2.05) is 35.9 Å². The summed E-state index contributed by atoms with van der Waals surface area (Å²) in [6, 6.07) is 8.02. The molecule has 0 bridgehead atoms. The van der Waals surface area contributed by atoms with Gasteiger partial charge in [-0.1, -0.05) is 23.7 Å². The molecule has 4 nitrogen and oxygen atoms in total. The maximum atomic E-state index is 6.06. The Labute approximate surface area is 118 Å². The van der Waals surface area contributed by atoms with Crippen LogP contribution in [-0.4, -0.2) is 9.78 Å². The number of nitrogens with zero attached hydrogens (tertiary/aromatic N) is 2. The van der Waals surface area contributed by atoms with Crippen molar-refractivity contribution in [1.82, 2.24) is 9.78 Å². The topological polar surface area (TPSA) is 55.9 Å². The Bertz CT molecular complexity index is 558. The molecule has 102 valence electrons. The zero-order valence-electron chi connectivity index (χ0n) is 11.4. The van der Waals surface area contributed by atoms with E-state index in [-0.39, 0.29) is 6.04 Å².